The van der Waals surface area contributed by atoms with Crippen LogP contribution in [0.25, 0.3) is 0 Å². The van der Waals surface area contributed by atoms with Gasteiger partial charge in [-0.1, -0.05) is 15.9 Å². The predicted octanol–water partition coefficient (Wildman–Crippen LogP) is 3.60. The van der Waals surface area contributed by atoms with Crippen LogP contribution in [-0.2, 0) is 16.6 Å². The molecule has 0 aliphatic carbocycles. The topological polar surface area (TPSA) is 57.5 Å². The fourth-order valence-corrected chi connectivity index (χ4v) is 2.50. The molecule has 0 bridgehead atoms. The number of carbonyl (C=O) groups excluding carboxylic acids is 2. The van der Waals surface area contributed by atoms with E-state index in [0.717, 1.165) is 15.9 Å². The van der Waals surface area contributed by atoms with Gasteiger partial charge in [0.1, 0.15) is 5.75 Å². The summed E-state index contributed by atoms with van der Waals surface area (Å²) in [4.78, 5) is 24.2. The van der Waals surface area contributed by atoms with E-state index in [9.17, 15) is 9.59 Å². The average molecular weight is 394 g/mol. The summed E-state index contributed by atoms with van der Waals surface area (Å²) in [6, 6.07) is 8.92. The minimum atomic E-state index is -0.794. The molecule has 0 amide bonds. The zero-order valence-corrected chi connectivity index (χ0v) is 15.7. The Morgan fingerprint density at radius 3 is 2.38 bits per heavy atom. The third kappa shape index (κ3) is 4.26. The number of Topliss-reactive ketones (excluding diaryl/α,β-unsaturated/α-hetero) is 1. The van der Waals surface area contributed by atoms with Crippen LogP contribution in [0.1, 0.15) is 28.7 Å². The van der Waals surface area contributed by atoms with Crippen molar-refractivity contribution in [3.05, 3.63) is 51.8 Å². The van der Waals surface area contributed by atoms with Crippen molar-refractivity contribution in [1.29, 1.82) is 0 Å². The minimum absolute atomic E-state index is 0.222. The third-order valence-electron chi connectivity index (χ3n) is 3.88. The number of aromatic nitrogens is 1. The summed E-state index contributed by atoms with van der Waals surface area (Å²) < 4.78 is 13.4. The second-order valence-electron chi connectivity index (χ2n) is 5.59. The molecule has 24 heavy (non-hydrogen) atoms. The van der Waals surface area contributed by atoms with Gasteiger partial charge in [0.25, 0.3) is 0 Å². The largest absolute Gasteiger partial charge is 0.479 e. The highest BCUT2D eigenvalue weighted by Gasteiger charge is 2.20. The number of aryl methyl sites for hydroxylation is 1. The standard InChI is InChI=1S/C18H20BrNO4/c1-11-9-16(12(2)20(11)4)17(21)10-23-18(22)13(3)24-15-7-5-14(19)6-8-15/h5-9,13H,10H2,1-4H3/t13-/m1/s1. The fourth-order valence-electron chi connectivity index (χ4n) is 2.23. The van der Waals surface area contributed by atoms with Gasteiger partial charge in [-0.25, -0.2) is 4.79 Å². The molecule has 0 saturated carbocycles. The van der Waals surface area contributed by atoms with Crippen LogP contribution in [-0.4, -0.2) is 29.0 Å². The molecule has 1 aromatic carbocycles. The number of rotatable bonds is 6. The summed E-state index contributed by atoms with van der Waals surface area (Å²) >= 11 is 3.33. The lowest BCUT2D eigenvalue weighted by Crippen LogP contribution is -2.28. The highest BCUT2D eigenvalue weighted by molar-refractivity contribution is 9.10. The number of nitrogens with zero attached hydrogens (tertiary/aromatic N) is 1. The van der Waals surface area contributed by atoms with Crippen LogP contribution < -0.4 is 4.74 Å². The SMILES string of the molecule is Cc1cc(C(=O)COC(=O)[C@@H](C)Oc2ccc(Br)cc2)c(C)n1C. The fraction of sp³-hybridized carbons (Fsp3) is 0.333. The van der Waals surface area contributed by atoms with Gasteiger partial charge in [-0.05, 0) is 51.1 Å². The first kappa shape index (κ1) is 18.3. The molecule has 1 aromatic heterocycles. The van der Waals surface area contributed by atoms with Crippen LogP contribution in [0.2, 0.25) is 0 Å². The number of hydrogen-bond acceptors (Lipinski definition) is 4. The number of carbonyl (C=O) groups is 2. The van der Waals surface area contributed by atoms with Gasteiger partial charge in [0, 0.05) is 28.5 Å². The smallest absolute Gasteiger partial charge is 0.347 e. The summed E-state index contributed by atoms with van der Waals surface area (Å²) in [7, 11) is 1.89. The molecule has 2 aromatic rings. The van der Waals surface area contributed by atoms with Crippen molar-refractivity contribution >= 4 is 27.7 Å². The number of hydrogen-bond donors (Lipinski definition) is 0. The van der Waals surface area contributed by atoms with E-state index in [2.05, 4.69) is 15.9 Å². The highest BCUT2D eigenvalue weighted by Crippen LogP contribution is 2.18. The number of benzene rings is 1. The molecule has 0 N–H and O–H groups in total. The van der Waals surface area contributed by atoms with Crippen molar-refractivity contribution in [3.8, 4) is 5.75 Å². The lowest BCUT2D eigenvalue weighted by Gasteiger charge is -2.13. The quantitative estimate of drug-likeness (QED) is 0.555. The summed E-state index contributed by atoms with van der Waals surface area (Å²) in [5.74, 6) is -0.236. The van der Waals surface area contributed by atoms with E-state index in [-0.39, 0.29) is 12.4 Å². The van der Waals surface area contributed by atoms with E-state index in [0.29, 0.717) is 11.3 Å². The first-order valence-corrected chi connectivity index (χ1v) is 8.34. The molecule has 1 heterocycles. The first-order valence-electron chi connectivity index (χ1n) is 7.54. The first-order chi connectivity index (χ1) is 11.3. The van der Waals surface area contributed by atoms with Gasteiger partial charge in [0.15, 0.2) is 12.7 Å². The maximum Gasteiger partial charge on any atom is 0.347 e. The highest BCUT2D eigenvalue weighted by atomic mass is 79.9. The molecule has 0 saturated heterocycles. The monoisotopic (exact) mass is 393 g/mol. The number of ether oxygens (including phenoxy) is 2. The van der Waals surface area contributed by atoms with Crippen LogP contribution >= 0.6 is 15.9 Å². The Balaban J connectivity index is 1.90. The van der Waals surface area contributed by atoms with E-state index in [4.69, 9.17) is 9.47 Å². The van der Waals surface area contributed by atoms with Crippen molar-refractivity contribution in [2.24, 2.45) is 7.05 Å². The Kier molecular flexibility index (Phi) is 5.83. The second-order valence-corrected chi connectivity index (χ2v) is 6.50. The minimum Gasteiger partial charge on any atom is -0.479 e. The summed E-state index contributed by atoms with van der Waals surface area (Å²) in [6.07, 6.45) is -0.794. The van der Waals surface area contributed by atoms with Crippen molar-refractivity contribution in [2.45, 2.75) is 26.9 Å². The summed E-state index contributed by atoms with van der Waals surface area (Å²) in [6.45, 7) is 5.08. The number of esters is 1. The van der Waals surface area contributed by atoms with E-state index in [1.54, 1.807) is 25.1 Å². The lowest BCUT2D eigenvalue weighted by molar-refractivity contribution is -0.149. The van der Waals surface area contributed by atoms with Gasteiger partial charge < -0.3 is 14.0 Å². The normalized spacial score (nSPS) is 11.9. The molecule has 6 heteroatoms. The van der Waals surface area contributed by atoms with Crippen LogP contribution in [0.5, 0.6) is 5.75 Å². The van der Waals surface area contributed by atoms with Gasteiger partial charge in [0.2, 0.25) is 5.78 Å². The van der Waals surface area contributed by atoms with Crippen LogP contribution in [0.3, 0.4) is 0 Å². The molecule has 0 unspecified atom stereocenters. The predicted molar refractivity (Wildman–Crippen MR) is 94.4 cm³/mol. The average Bonchev–Trinajstić information content (AvgIpc) is 2.82. The summed E-state index contributed by atoms with van der Waals surface area (Å²) in [5, 5.41) is 0. The molecular formula is C18H20BrNO4. The van der Waals surface area contributed by atoms with E-state index < -0.39 is 12.1 Å². The molecule has 0 spiro atoms. The van der Waals surface area contributed by atoms with Gasteiger partial charge in [-0.3, -0.25) is 4.79 Å². The van der Waals surface area contributed by atoms with Crippen molar-refractivity contribution in [1.82, 2.24) is 4.57 Å². The maximum atomic E-state index is 12.2. The Morgan fingerprint density at radius 2 is 1.83 bits per heavy atom. The molecule has 1 atom stereocenters. The molecule has 0 aliphatic rings. The van der Waals surface area contributed by atoms with Crippen molar-refractivity contribution < 1.29 is 19.1 Å². The van der Waals surface area contributed by atoms with E-state index in [1.165, 1.54) is 0 Å². The number of halogens is 1. The van der Waals surface area contributed by atoms with Crippen molar-refractivity contribution in [2.75, 3.05) is 6.61 Å². The van der Waals surface area contributed by atoms with Crippen LogP contribution in [0.4, 0.5) is 0 Å². The molecule has 128 valence electrons. The lowest BCUT2D eigenvalue weighted by atomic mass is 10.1. The molecular weight excluding hydrogens is 374 g/mol. The van der Waals surface area contributed by atoms with Crippen molar-refractivity contribution in [3.63, 3.8) is 0 Å². The molecule has 2 rings (SSSR count). The van der Waals surface area contributed by atoms with Crippen LogP contribution in [0, 0.1) is 13.8 Å². The Bertz CT molecular complexity index is 749. The molecule has 0 aliphatic heterocycles. The number of ketones is 1. The van der Waals surface area contributed by atoms with E-state index >= 15 is 0 Å². The zero-order valence-electron chi connectivity index (χ0n) is 14.1. The third-order valence-corrected chi connectivity index (χ3v) is 4.41. The van der Waals surface area contributed by atoms with Gasteiger partial charge in [-0.15, -0.1) is 0 Å². The Labute approximate surface area is 149 Å². The van der Waals surface area contributed by atoms with E-state index in [1.807, 2.05) is 37.6 Å². The Hall–Kier alpha value is -2.08. The van der Waals surface area contributed by atoms with Gasteiger partial charge in [0.05, 0.1) is 0 Å². The zero-order chi connectivity index (χ0) is 17.9. The van der Waals surface area contributed by atoms with Crippen LogP contribution in [0.15, 0.2) is 34.8 Å². The van der Waals surface area contributed by atoms with Gasteiger partial charge in [-0.2, -0.15) is 0 Å². The summed E-state index contributed by atoms with van der Waals surface area (Å²) in [5.41, 5.74) is 2.41. The molecule has 0 radical (unpaired) electrons. The molecule has 5 nitrogen and oxygen atoms in total. The Morgan fingerprint density at radius 1 is 1.21 bits per heavy atom. The van der Waals surface area contributed by atoms with Gasteiger partial charge >= 0.3 is 5.97 Å². The maximum absolute atomic E-state index is 12.2. The second kappa shape index (κ2) is 7.66. The molecule has 0 fully saturated rings.